The van der Waals surface area contributed by atoms with Gasteiger partial charge in [-0.15, -0.1) is 0 Å². The lowest BCUT2D eigenvalue weighted by molar-refractivity contribution is -0.124. The number of methoxy groups -OCH3 is 1. The molecule has 7 heteroatoms. The van der Waals surface area contributed by atoms with E-state index in [4.69, 9.17) is 4.74 Å². The molecule has 114 valence electrons. The summed E-state index contributed by atoms with van der Waals surface area (Å²) in [5.41, 5.74) is 3.82. The predicted octanol–water partition coefficient (Wildman–Crippen LogP) is 0.970. The van der Waals surface area contributed by atoms with Gasteiger partial charge >= 0.3 is 0 Å². The molecule has 1 amide bonds. The van der Waals surface area contributed by atoms with Crippen LogP contribution in [0, 0.1) is 5.92 Å². The number of ether oxygens (including phenoxy) is 1. The highest BCUT2D eigenvalue weighted by Gasteiger charge is 2.32. The maximum absolute atomic E-state index is 11.9. The van der Waals surface area contributed by atoms with Gasteiger partial charge < -0.3 is 4.74 Å². The van der Waals surface area contributed by atoms with E-state index in [1.54, 1.807) is 20.1 Å². The SMILES string of the molecule is COc1ccccc1/C(C)=N\NC(=O)[C@H]1CCS(=O)(=O)C1. The summed E-state index contributed by atoms with van der Waals surface area (Å²) in [5, 5.41) is 4.04. The molecule has 0 bridgehead atoms. The average molecular weight is 310 g/mol. The molecular weight excluding hydrogens is 292 g/mol. The number of hydrogen-bond acceptors (Lipinski definition) is 5. The van der Waals surface area contributed by atoms with Gasteiger partial charge in [-0.05, 0) is 25.5 Å². The van der Waals surface area contributed by atoms with E-state index in [1.807, 2.05) is 18.2 Å². The fraction of sp³-hybridized carbons (Fsp3) is 0.429. The zero-order chi connectivity index (χ0) is 15.5. The summed E-state index contributed by atoms with van der Waals surface area (Å²) in [5.74, 6) is -0.228. The van der Waals surface area contributed by atoms with Crippen molar-refractivity contribution in [3.63, 3.8) is 0 Å². The van der Waals surface area contributed by atoms with Crippen molar-refractivity contribution >= 4 is 21.5 Å². The van der Waals surface area contributed by atoms with Crippen molar-refractivity contribution < 1.29 is 17.9 Å². The summed E-state index contributed by atoms with van der Waals surface area (Å²) >= 11 is 0. The number of carbonyl (C=O) groups is 1. The summed E-state index contributed by atoms with van der Waals surface area (Å²) in [4.78, 5) is 11.9. The third-order valence-electron chi connectivity index (χ3n) is 3.43. The van der Waals surface area contributed by atoms with Gasteiger partial charge in [-0.3, -0.25) is 4.79 Å². The van der Waals surface area contributed by atoms with Crippen LogP contribution in [0.5, 0.6) is 5.75 Å². The second kappa shape index (κ2) is 6.26. The van der Waals surface area contributed by atoms with Crippen molar-refractivity contribution in [1.29, 1.82) is 0 Å². The Morgan fingerprint density at radius 2 is 2.10 bits per heavy atom. The average Bonchev–Trinajstić information content (AvgIpc) is 2.84. The second-order valence-electron chi connectivity index (χ2n) is 4.97. The molecular formula is C14H18N2O4S. The highest BCUT2D eigenvalue weighted by atomic mass is 32.2. The number of para-hydroxylation sites is 1. The molecule has 1 aliphatic rings. The fourth-order valence-corrected chi connectivity index (χ4v) is 3.98. The van der Waals surface area contributed by atoms with Crippen molar-refractivity contribution in [3.05, 3.63) is 29.8 Å². The molecule has 0 radical (unpaired) electrons. The Morgan fingerprint density at radius 1 is 1.38 bits per heavy atom. The molecule has 0 saturated carbocycles. The van der Waals surface area contributed by atoms with Gasteiger partial charge in [0.25, 0.3) is 0 Å². The largest absolute Gasteiger partial charge is 0.496 e. The molecule has 1 saturated heterocycles. The van der Waals surface area contributed by atoms with E-state index in [2.05, 4.69) is 10.5 Å². The summed E-state index contributed by atoms with van der Waals surface area (Å²) in [6.07, 6.45) is 0.359. The summed E-state index contributed by atoms with van der Waals surface area (Å²) in [6, 6.07) is 7.34. The number of amides is 1. The standard InChI is InChI=1S/C14H18N2O4S/c1-10(12-5-3-4-6-13(12)20-2)15-16-14(17)11-7-8-21(18,19)9-11/h3-6,11H,7-9H2,1-2H3,(H,16,17)/b15-10-/t11-/m0/s1. The molecule has 6 nitrogen and oxygen atoms in total. The Labute approximate surface area is 124 Å². The van der Waals surface area contributed by atoms with Crippen molar-refractivity contribution in [2.75, 3.05) is 18.6 Å². The van der Waals surface area contributed by atoms with E-state index < -0.39 is 15.8 Å². The van der Waals surface area contributed by atoms with Gasteiger partial charge in [-0.2, -0.15) is 5.10 Å². The minimum Gasteiger partial charge on any atom is -0.496 e. The predicted molar refractivity (Wildman–Crippen MR) is 80.1 cm³/mol. The Morgan fingerprint density at radius 3 is 2.71 bits per heavy atom. The number of benzene rings is 1. The third-order valence-corrected chi connectivity index (χ3v) is 5.20. The van der Waals surface area contributed by atoms with E-state index in [0.29, 0.717) is 17.9 Å². The van der Waals surface area contributed by atoms with Gasteiger partial charge in [0.1, 0.15) is 5.75 Å². The molecule has 1 atom stereocenters. The first-order valence-corrected chi connectivity index (χ1v) is 8.43. The van der Waals surface area contributed by atoms with Crippen LogP contribution < -0.4 is 10.2 Å². The maximum Gasteiger partial charge on any atom is 0.244 e. The zero-order valence-electron chi connectivity index (χ0n) is 12.0. The highest BCUT2D eigenvalue weighted by Crippen LogP contribution is 2.19. The van der Waals surface area contributed by atoms with Crippen LogP contribution in [-0.4, -0.2) is 38.7 Å². The quantitative estimate of drug-likeness (QED) is 0.663. The minimum absolute atomic E-state index is 0.0697. The fourth-order valence-electron chi connectivity index (χ4n) is 2.24. The lowest BCUT2D eigenvalue weighted by Gasteiger charge is -2.09. The number of rotatable bonds is 4. The number of nitrogens with zero attached hydrogens (tertiary/aromatic N) is 1. The number of nitrogens with one attached hydrogen (secondary N) is 1. The van der Waals surface area contributed by atoms with E-state index in [1.165, 1.54) is 0 Å². The van der Waals surface area contributed by atoms with Gasteiger partial charge in [-0.25, -0.2) is 13.8 Å². The first-order valence-electron chi connectivity index (χ1n) is 6.61. The molecule has 1 aromatic carbocycles. The topological polar surface area (TPSA) is 84.8 Å². The molecule has 1 fully saturated rings. The number of sulfone groups is 1. The van der Waals surface area contributed by atoms with Crippen molar-refractivity contribution in [2.45, 2.75) is 13.3 Å². The molecule has 2 rings (SSSR count). The van der Waals surface area contributed by atoms with E-state index in [9.17, 15) is 13.2 Å². The van der Waals surface area contributed by atoms with Crippen molar-refractivity contribution in [2.24, 2.45) is 11.0 Å². The van der Waals surface area contributed by atoms with Crippen LogP contribution in [0.3, 0.4) is 0 Å². The zero-order valence-corrected chi connectivity index (χ0v) is 12.8. The van der Waals surface area contributed by atoms with Crippen LogP contribution in [0.1, 0.15) is 18.9 Å². The number of hydrazone groups is 1. The van der Waals surface area contributed by atoms with Gasteiger partial charge in [-0.1, -0.05) is 12.1 Å². The maximum atomic E-state index is 11.9. The minimum atomic E-state index is -3.07. The Bertz CT molecular complexity index is 667. The Balaban J connectivity index is 2.05. The monoisotopic (exact) mass is 310 g/mol. The number of hydrogen-bond donors (Lipinski definition) is 1. The number of carbonyl (C=O) groups excluding carboxylic acids is 1. The smallest absolute Gasteiger partial charge is 0.244 e. The molecule has 1 N–H and O–H groups in total. The van der Waals surface area contributed by atoms with Gasteiger partial charge in [0, 0.05) is 5.56 Å². The van der Waals surface area contributed by atoms with Crippen LogP contribution in [0.4, 0.5) is 0 Å². The summed E-state index contributed by atoms with van der Waals surface area (Å²) < 4.78 is 27.9. The van der Waals surface area contributed by atoms with Crippen molar-refractivity contribution in [3.8, 4) is 5.75 Å². The molecule has 1 aliphatic heterocycles. The van der Waals surface area contributed by atoms with E-state index in [-0.39, 0.29) is 17.4 Å². The van der Waals surface area contributed by atoms with Crippen molar-refractivity contribution in [1.82, 2.24) is 5.43 Å². The Kier molecular flexibility index (Phi) is 4.62. The molecule has 0 unspecified atom stereocenters. The molecule has 1 aromatic rings. The van der Waals surface area contributed by atoms with Crippen LogP contribution in [0.15, 0.2) is 29.4 Å². The Hall–Kier alpha value is -1.89. The normalized spacial score (nSPS) is 21.0. The van der Waals surface area contributed by atoms with Crippen LogP contribution in [-0.2, 0) is 14.6 Å². The third kappa shape index (κ3) is 3.81. The molecule has 0 aliphatic carbocycles. The molecule has 21 heavy (non-hydrogen) atoms. The van der Waals surface area contributed by atoms with Gasteiger partial charge in [0.2, 0.25) is 5.91 Å². The highest BCUT2D eigenvalue weighted by molar-refractivity contribution is 7.91. The summed E-state index contributed by atoms with van der Waals surface area (Å²) in [6.45, 7) is 1.75. The summed E-state index contributed by atoms with van der Waals surface area (Å²) in [7, 11) is -1.51. The van der Waals surface area contributed by atoms with Gasteiger partial charge in [0.05, 0.1) is 30.2 Å². The lowest BCUT2D eigenvalue weighted by Crippen LogP contribution is -2.28. The molecule has 0 aromatic heterocycles. The molecule has 1 heterocycles. The van der Waals surface area contributed by atoms with E-state index >= 15 is 0 Å². The second-order valence-corrected chi connectivity index (χ2v) is 7.20. The van der Waals surface area contributed by atoms with E-state index in [0.717, 1.165) is 5.56 Å². The first kappa shape index (κ1) is 15.5. The van der Waals surface area contributed by atoms with Crippen LogP contribution in [0.25, 0.3) is 0 Å². The van der Waals surface area contributed by atoms with Crippen LogP contribution >= 0.6 is 0 Å². The van der Waals surface area contributed by atoms with Crippen LogP contribution in [0.2, 0.25) is 0 Å². The lowest BCUT2D eigenvalue weighted by atomic mass is 10.1. The molecule has 0 spiro atoms. The van der Waals surface area contributed by atoms with Gasteiger partial charge in [0.15, 0.2) is 9.84 Å². The first-order chi connectivity index (χ1) is 9.93.